The minimum atomic E-state index is -1.44. The van der Waals surface area contributed by atoms with Gasteiger partial charge in [0, 0.05) is 0 Å². The molecule has 0 aliphatic carbocycles. The van der Waals surface area contributed by atoms with Crippen molar-refractivity contribution >= 4 is 15.9 Å². The molecule has 5 heteroatoms. The first-order valence-corrected chi connectivity index (χ1v) is 4.33. The summed E-state index contributed by atoms with van der Waals surface area (Å²) in [5.74, 6) is 0. The van der Waals surface area contributed by atoms with E-state index in [0.29, 0.717) is 0 Å². The average Bonchev–Trinajstić information content (AvgIpc) is 1.97. The standard InChI is InChI=1S/C6H11BrFNO2/c1-2-4(9)5(10)3(8)6(7)11-2/h2-6,10H,9H2,1H3/t2-,3-,4-,5-,6+/m1/s1. The zero-order valence-corrected chi connectivity index (χ0v) is 7.66. The fourth-order valence-electron chi connectivity index (χ4n) is 1.02. The Kier molecular flexibility index (Phi) is 2.85. The van der Waals surface area contributed by atoms with Gasteiger partial charge >= 0.3 is 0 Å². The number of halogens is 2. The Hall–Kier alpha value is 0.290. The van der Waals surface area contributed by atoms with Gasteiger partial charge in [0.25, 0.3) is 0 Å². The van der Waals surface area contributed by atoms with E-state index >= 15 is 0 Å². The lowest BCUT2D eigenvalue weighted by Gasteiger charge is -2.36. The van der Waals surface area contributed by atoms with Gasteiger partial charge in [-0.15, -0.1) is 0 Å². The molecule has 1 heterocycles. The van der Waals surface area contributed by atoms with E-state index in [1.807, 2.05) is 0 Å². The second kappa shape index (κ2) is 3.35. The van der Waals surface area contributed by atoms with Crippen molar-refractivity contribution in [1.82, 2.24) is 0 Å². The number of aliphatic hydroxyl groups excluding tert-OH is 1. The Balaban J connectivity index is 2.63. The van der Waals surface area contributed by atoms with Crippen LogP contribution in [0.3, 0.4) is 0 Å². The molecule has 0 aromatic carbocycles. The fraction of sp³-hybridized carbons (Fsp3) is 1.00. The predicted octanol–water partition coefficient (Wildman–Crippen LogP) is 0.152. The molecule has 5 atom stereocenters. The van der Waals surface area contributed by atoms with Crippen LogP contribution >= 0.6 is 15.9 Å². The molecule has 1 fully saturated rings. The lowest BCUT2D eigenvalue weighted by Crippen LogP contribution is -2.57. The van der Waals surface area contributed by atoms with Crippen LogP contribution in [0.25, 0.3) is 0 Å². The highest BCUT2D eigenvalue weighted by Gasteiger charge is 2.40. The molecule has 0 saturated carbocycles. The van der Waals surface area contributed by atoms with Gasteiger partial charge in [-0.3, -0.25) is 0 Å². The van der Waals surface area contributed by atoms with Gasteiger partial charge in [-0.2, -0.15) is 0 Å². The van der Waals surface area contributed by atoms with E-state index in [1.54, 1.807) is 6.92 Å². The Labute approximate surface area is 72.8 Å². The molecule has 3 nitrogen and oxygen atoms in total. The van der Waals surface area contributed by atoms with Crippen LogP contribution in [0.2, 0.25) is 0 Å². The highest BCUT2D eigenvalue weighted by molar-refractivity contribution is 9.09. The third-order valence-electron chi connectivity index (χ3n) is 1.86. The molecule has 0 amide bonds. The van der Waals surface area contributed by atoms with Gasteiger partial charge in [0.1, 0.15) is 11.1 Å². The largest absolute Gasteiger partial charge is 0.388 e. The second-order valence-electron chi connectivity index (χ2n) is 2.70. The molecule has 1 saturated heterocycles. The van der Waals surface area contributed by atoms with Crippen molar-refractivity contribution in [3.8, 4) is 0 Å². The summed E-state index contributed by atoms with van der Waals surface area (Å²) in [4.78, 5) is 0. The molecule has 1 aliphatic rings. The lowest BCUT2D eigenvalue weighted by molar-refractivity contribution is -0.112. The van der Waals surface area contributed by atoms with E-state index in [2.05, 4.69) is 15.9 Å². The summed E-state index contributed by atoms with van der Waals surface area (Å²) in [6, 6.07) is -0.640. The Morgan fingerprint density at radius 3 is 2.73 bits per heavy atom. The zero-order chi connectivity index (χ0) is 8.59. The lowest BCUT2D eigenvalue weighted by atomic mass is 10.0. The van der Waals surface area contributed by atoms with E-state index in [4.69, 9.17) is 10.5 Å². The Bertz CT molecular complexity index is 135. The van der Waals surface area contributed by atoms with Crippen molar-refractivity contribution < 1.29 is 14.2 Å². The summed E-state index contributed by atoms with van der Waals surface area (Å²) < 4.78 is 17.9. The molecular weight excluding hydrogens is 217 g/mol. The minimum Gasteiger partial charge on any atom is -0.388 e. The number of hydrogen-bond donors (Lipinski definition) is 2. The van der Waals surface area contributed by atoms with E-state index < -0.39 is 23.3 Å². The van der Waals surface area contributed by atoms with E-state index in [-0.39, 0.29) is 6.10 Å². The van der Waals surface area contributed by atoms with Crippen LogP contribution in [0.1, 0.15) is 6.92 Å². The maximum Gasteiger partial charge on any atom is 0.163 e. The highest BCUT2D eigenvalue weighted by atomic mass is 79.9. The second-order valence-corrected chi connectivity index (χ2v) is 3.61. The van der Waals surface area contributed by atoms with Gasteiger partial charge in [0.15, 0.2) is 6.17 Å². The van der Waals surface area contributed by atoms with Crippen molar-refractivity contribution in [2.75, 3.05) is 0 Å². The smallest absolute Gasteiger partial charge is 0.163 e. The molecule has 11 heavy (non-hydrogen) atoms. The van der Waals surface area contributed by atoms with Gasteiger partial charge in [-0.25, -0.2) is 4.39 Å². The van der Waals surface area contributed by atoms with Crippen LogP contribution in [0.4, 0.5) is 4.39 Å². The average molecular weight is 228 g/mol. The van der Waals surface area contributed by atoms with Crippen molar-refractivity contribution in [2.45, 2.75) is 36.4 Å². The summed E-state index contributed by atoms with van der Waals surface area (Å²) in [5.41, 5.74) is 5.44. The van der Waals surface area contributed by atoms with Crippen molar-refractivity contribution in [3.05, 3.63) is 0 Å². The quantitative estimate of drug-likeness (QED) is 0.580. The van der Waals surface area contributed by atoms with Crippen molar-refractivity contribution in [2.24, 2.45) is 5.73 Å². The van der Waals surface area contributed by atoms with Crippen LogP contribution in [0, 0.1) is 0 Å². The summed E-state index contributed by atoms with van der Waals surface area (Å²) >= 11 is 2.95. The molecular formula is C6H11BrFNO2. The van der Waals surface area contributed by atoms with E-state index in [1.165, 1.54) is 0 Å². The van der Waals surface area contributed by atoms with Crippen LogP contribution in [0.15, 0.2) is 0 Å². The molecule has 66 valence electrons. The number of rotatable bonds is 0. The number of hydrogen-bond acceptors (Lipinski definition) is 3. The van der Waals surface area contributed by atoms with Gasteiger partial charge in [-0.05, 0) is 6.92 Å². The number of nitrogens with two attached hydrogens (primary N) is 1. The van der Waals surface area contributed by atoms with E-state index in [0.717, 1.165) is 0 Å². The van der Waals surface area contributed by atoms with Gasteiger partial charge in [0.2, 0.25) is 0 Å². The summed E-state index contributed by atoms with van der Waals surface area (Å²) in [6.45, 7) is 1.70. The van der Waals surface area contributed by atoms with Crippen molar-refractivity contribution in [1.29, 1.82) is 0 Å². The Morgan fingerprint density at radius 1 is 1.64 bits per heavy atom. The number of aliphatic hydroxyl groups is 1. The first kappa shape index (κ1) is 9.38. The summed E-state index contributed by atoms with van der Waals surface area (Å²) in [6.07, 6.45) is -2.90. The maximum absolute atomic E-state index is 12.9. The highest BCUT2D eigenvalue weighted by Crippen LogP contribution is 2.25. The van der Waals surface area contributed by atoms with Gasteiger partial charge in [0.05, 0.1) is 12.1 Å². The van der Waals surface area contributed by atoms with Gasteiger partial charge in [-0.1, -0.05) is 15.9 Å². The number of ether oxygens (including phenoxy) is 1. The predicted molar refractivity (Wildman–Crippen MR) is 42.1 cm³/mol. The minimum absolute atomic E-state index is 0.318. The molecule has 1 rings (SSSR count). The normalized spacial score (nSPS) is 52.6. The molecule has 0 aromatic rings. The third-order valence-corrected chi connectivity index (χ3v) is 2.58. The monoisotopic (exact) mass is 227 g/mol. The molecule has 0 bridgehead atoms. The summed E-state index contributed by atoms with van der Waals surface area (Å²) in [5, 5.41) is 8.43. The molecule has 3 N–H and O–H groups in total. The zero-order valence-electron chi connectivity index (χ0n) is 6.08. The van der Waals surface area contributed by atoms with Gasteiger partial charge < -0.3 is 15.6 Å². The SMILES string of the molecule is C[C@H]1O[C@H](Br)[C@H](F)[C@@H](O)[C@@H]1N. The molecule has 0 unspecified atom stereocenters. The fourth-order valence-corrected chi connectivity index (χ4v) is 1.67. The van der Waals surface area contributed by atoms with Crippen molar-refractivity contribution in [3.63, 3.8) is 0 Å². The third kappa shape index (κ3) is 1.72. The first-order chi connectivity index (χ1) is 5.04. The molecule has 0 spiro atoms. The Morgan fingerprint density at radius 2 is 2.18 bits per heavy atom. The molecule has 0 aromatic heterocycles. The van der Waals surface area contributed by atoms with Crippen LogP contribution < -0.4 is 5.73 Å². The maximum atomic E-state index is 12.9. The molecule has 1 aliphatic heterocycles. The summed E-state index contributed by atoms with van der Waals surface area (Å²) in [7, 11) is 0. The van der Waals surface area contributed by atoms with Crippen LogP contribution in [0.5, 0.6) is 0 Å². The van der Waals surface area contributed by atoms with E-state index in [9.17, 15) is 9.50 Å². The van der Waals surface area contributed by atoms with Crippen LogP contribution in [-0.4, -0.2) is 34.5 Å². The first-order valence-electron chi connectivity index (χ1n) is 3.41. The molecule has 0 radical (unpaired) electrons. The van der Waals surface area contributed by atoms with Crippen LogP contribution in [-0.2, 0) is 4.74 Å². The number of alkyl halides is 2. The topological polar surface area (TPSA) is 55.5 Å².